The van der Waals surface area contributed by atoms with Gasteiger partial charge in [0.1, 0.15) is 0 Å². The van der Waals surface area contributed by atoms with Gasteiger partial charge in [0, 0.05) is 6.20 Å². The summed E-state index contributed by atoms with van der Waals surface area (Å²) in [5.74, 6) is -0.150. The SMILES string of the molecule is [O-]c1nccc2ccccc12. The minimum atomic E-state index is -0.150. The van der Waals surface area contributed by atoms with Crippen LogP contribution in [0.3, 0.4) is 0 Å². The average molecular weight is 144 g/mol. The van der Waals surface area contributed by atoms with Crippen LogP contribution in [0.2, 0.25) is 0 Å². The molecular weight excluding hydrogens is 138 g/mol. The van der Waals surface area contributed by atoms with Crippen molar-refractivity contribution in [1.82, 2.24) is 4.98 Å². The lowest BCUT2D eigenvalue weighted by atomic mass is 10.2. The number of nitrogens with zero attached hydrogens (tertiary/aromatic N) is 1. The number of fused-ring (bicyclic) bond motifs is 1. The predicted octanol–water partition coefficient (Wildman–Crippen LogP) is 1.31. The maximum Gasteiger partial charge on any atom is 0.0266 e. The van der Waals surface area contributed by atoms with Gasteiger partial charge in [0.2, 0.25) is 0 Å². The molecule has 1 heterocycles. The summed E-state index contributed by atoms with van der Waals surface area (Å²) < 4.78 is 0. The molecule has 1 aromatic carbocycles. The number of aromatic nitrogens is 1. The minimum absolute atomic E-state index is 0.150. The van der Waals surface area contributed by atoms with Crippen LogP contribution < -0.4 is 5.11 Å². The maximum absolute atomic E-state index is 11.1. The zero-order valence-corrected chi connectivity index (χ0v) is 5.82. The molecule has 0 saturated carbocycles. The highest BCUT2D eigenvalue weighted by Crippen LogP contribution is 2.17. The third-order valence-electron chi connectivity index (χ3n) is 1.64. The van der Waals surface area contributed by atoms with E-state index < -0.39 is 0 Å². The third kappa shape index (κ3) is 0.923. The molecule has 54 valence electrons. The summed E-state index contributed by atoms with van der Waals surface area (Å²) in [4.78, 5) is 3.65. The van der Waals surface area contributed by atoms with Gasteiger partial charge in [0.05, 0.1) is 0 Å². The molecule has 2 nitrogen and oxygen atoms in total. The van der Waals surface area contributed by atoms with Crippen molar-refractivity contribution in [2.45, 2.75) is 0 Å². The molecule has 0 fully saturated rings. The number of hydrogen-bond acceptors (Lipinski definition) is 2. The molecule has 0 aliphatic heterocycles. The lowest BCUT2D eigenvalue weighted by Crippen LogP contribution is -1.93. The van der Waals surface area contributed by atoms with Crippen LogP contribution in [0, 0.1) is 0 Å². The molecule has 0 unspecified atom stereocenters. The van der Waals surface area contributed by atoms with E-state index in [4.69, 9.17) is 0 Å². The molecule has 2 aromatic rings. The Kier molecular flexibility index (Phi) is 1.25. The first kappa shape index (κ1) is 6.16. The Bertz CT molecular complexity index is 379. The minimum Gasteiger partial charge on any atom is -0.858 e. The maximum atomic E-state index is 11.1. The second-order valence-corrected chi connectivity index (χ2v) is 2.34. The van der Waals surface area contributed by atoms with Gasteiger partial charge in [0.25, 0.3) is 0 Å². The fraction of sp³-hybridized carbons (Fsp3) is 0. The van der Waals surface area contributed by atoms with E-state index in [1.165, 1.54) is 6.20 Å². The standard InChI is InChI=1S/C9H7NO/c11-9-8-4-2-1-3-7(8)5-6-10-9/h1-6H,(H,10,11)/p-1. The molecule has 0 N–H and O–H groups in total. The van der Waals surface area contributed by atoms with Crippen molar-refractivity contribution >= 4 is 10.8 Å². The van der Waals surface area contributed by atoms with Crippen LogP contribution in [0.15, 0.2) is 36.5 Å². The largest absolute Gasteiger partial charge is 0.858 e. The topological polar surface area (TPSA) is 36.0 Å². The Balaban J connectivity index is 2.91. The summed E-state index contributed by atoms with van der Waals surface area (Å²) in [5.41, 5.74) is 0. The van der Waals surface area contributed by atoms with Gasteiger partial charge < -0.3 is 5.11 Å². The number of pyridine rings is 1. The molecule has 0 amide bonds. The van der Waals surface area contributed by atoms with E-state index in [2.05, 4.69) is 4.98 Å². The molecule has 0 aliphatic rings. The van der Waals surface area contributed by atoms with Crippen molar-refractivity contribution in [2.24, 2.45) is 0 Å². The quantitative estimate of drug-likeness (QED) is 0.558. The Labute approximate surface area is 64.1 Å². The second-order valence-electron chi connectivity index (χ2n) is 2.34. The van der Waals surface area contributed by atoms with Crippen LogP contribution in [0.4, 0.5) is 0 Å². The van der Waals surface area contributed by atoms with Gasteiger partial charge >= 0.3 is 0 Å². The van der Waals surface area contributed by atoms with E-state index >= 15 is 0 Å². The van der Waals surface area contributed by atoms with Crippen molar-refractivity contribution in [3.05, 3.63) is 36.5 Å². The van der Waals surface area contributed by atoms with E-state index in [-0.39, 0.29) is 5.88 Å². The Hall–Kier alpha value is -1.57. The molecule has 0 aliphatic carbocycles. The summed E-state index contributed by atoms with van der Waals surface area (Å²) in [7, 11) is 0. The van der Waals surface area contributed by atoms with Gasteiger partial charge in [-0.3, -0.25) is 4.98 Å². The third-order valence-corrected chi connectivity index (χ3v) is 1.64. The van der Waals surface area contributed by atoms with Crippen LogP contribution in [0.1, 0.15) is 0 Å². The van der Waals surface area contributed by atoms with Gasteiger partial charge in [0.15, 0.2) is 0 Å². The molecule has 0 spiro atoms. The zero-order chi connectivity index (χ0) is 7.68. The van der Waals surface area contributed by atoms with E-state index in [1.54, 1.807) is 6.07 Å². The van der Waals surface area contributed by atoms with Crippen LogP contribution in [-0.2, 0) is 0 Å². The smallest absolute Gasteiger partial charge is 0.0266 e. The highest BCUT2D eigenvalue weighted by atomic mass is 16.3. The highest BCUT2D eigenvalue weighted by molar-refractivity contribution is 5.85. The molecule has 2 heteroatoms. The van der Waals surface area contributed by atoms with Gasteiger partial charge in [-0.15, -0.1) is 0 Å². The summed E-state index contributed by atoms with van der Waals surface area (Å²) in [6.45, 7) is 0. The first-order valence-corrected chi connectivity index (χ1v) is 3.39. The fourth-order valence-corrected chi connectivity index (χ4v) is 1.09. The fourth-order valence-electron chi connectivity index (χ4n) is 1.09. The van der Waals surface area contributed by atoms with Gasteiger partial charge in [-0.25, -0.2) is 0 Å². The van der Waals surface area contributed by atoms with Crippen molar-refractivity contribution in [3.63, 3.8) is 0 Å². The Morgan fingerprint density at radius 3 is 2.73 bits per heavy atom. The molecule has 0 bridgehead atoms. The van der Waals surface area contributed by atoms with Crippen molar-refractivity contribution in [1.29, 1.82) is 0 Å². The van der Waals surface area contributed by atoms with Crippen LogP contribution in [-0.4, -0.2) is 4.98 Å². The summed E-state index contributed by atoms with van der Waals surface area (Å²) in [6, 6.07) is 9.26. The number of hydrogen-bond donors (Lipinski definition) is 0. The normalized spacial score (nSPS) is 10.2. The lowest BCUT2D eigenvalue weighted by molar-refractivity contribution is -0.272. The molecule has 1 aromatic heterocycles. The van der Waals surface area contributed by atoms with Gasteiger partial charge in [-0.05, 0) is 22.7 Å². The first-order valence-electron chi connectivity index (χ1n) is 3.39. The molecule has 11 heavy (non-hydrogen) atoms. The Morgan fingerprint density at radius 1 is 1.09 bits per heavy atom. The second kappa shape index (κ2) is 2.23. The van der Waals surface area contributed by atoms with E-state index in [9.17, 15) is 5.11 Å². The van der Waals surface area contributed by atoms with Crippen molar-refractivity contribution < 1.29 is 5.11 Å². The average Bonchev–Trinajstić information content (AvgIpc) is 2.06. The molecule has 0 saturated heterocycles. The van der Waals surface area contributed by atoms with E-state index in [1.807, 2.05) is 24.3 Å². The summed E-state index contributed by atoms with van der Waals surface area (Å²) in [6.07, 6.45) is 1.53. The molecule has 2 rings (SSSR count). The molecule has 0 radical (unpaired) electrons. The summed E-state index contributed by atoms with van der Waals surface area (Å²) >= 11 is 0. The van der Waals surface area contributed by atoms with Crippen LogP contribution in [0.5, 0.6) is 5.88 Å². The number of benzene rings is 1. The van der Waals surface area contributed by atoms with E-state index in [0.717, 1.165) is 5.39 Å². The number of rotatable bonds is 0. The van der Waals surface area contributed by atoms with Crippen molar-refractivity contribution in [3.8, 4) is 5.88 Å². The first-order chi connectivity index (χ1) is 5.38. The Morgan fingerprint density at radius 2 is 1.91 bits per heavy atom. The van der Waals surface area contributed by atoms with Gasteiger partial charge in [-0.2, -0.15) is 0 Å². The lowest BCUT2D eigenvalue weighted by Gasteiger charge is -2.06. The predicted molar refractivity (Wildman–Crippen MR) is 41.2 cm³/mol. The monoisotopic (exact) mass is 144 g/mol. The zero-order valence-electron chi connectivity index (χ0n) is 5.82. The molecular formula is C9H6NO-. The van der Waals surface area contributed by atoms with Crippen LogP contribution in [0.25, 0.3) is 10.8 Å². The van der Waals surface area contributed by atoms with Gasteiger partial charge in [-0.1, -0.05) is 24.3 Å². The van der Waals surface area contributed by atoms with E-state index in [0.29, 0.717) is 5.39 Å². The summed E-state index contributed by atoms with van der Waals surface area (Å²) in [5, 5.41) is 12.7. The van der Waals surface area contributed by atoms with Crippen LogP contribution >= 0.6 is 0 Å². The van der Waals surface area contributed by atoms with Crippen molar-refractivity contribution in [2.75, 3.05) is 0 Å². The molecule has 0 atom stereocenters. The highest BCUT2D eigenvalue weighted by Gasteiger charge is 1.89.